The van der Waals surface area contributed by atoms with Crippen molar-refractivity contribution in [3.05, 3.63) is 112 Å². The van der Waals surface area contributed by atoms with Gasteiger partial charge in [-0.2, -0.15) is 5.10 Å². The van der Waals surface area contributed by atoms with Gasteiger partial charge < -0.3 is 4.74 Å². The molecule has 0 heterocycles. The fourth-order valence-corrected chi connectivity index (χ4v) is 3.35. The average Bonchev–Trinajstić information content (AvgIpc) is 2.78. The Hall–Kier alpha value is -3.44. The van der Waals surface area contributed by atoms with Crippen molar-refractivity contribution in [3.8, 4) is 5.75 Å². The summed E-state index contributed by atoms with van der Waals surface area (Å²) >= 11 is 3.43. The normalized spacial score (nSPS) is 11.0. The number of nitrogens with one attached hydrogen (secondary N) is 1. The Morgan fingerprint density at radius 3 is 2.57 bits per heavy atom. The quantitative estimate of drug-likeness (QED) is 0.286. The number of fused-ring (bicyclic) bond motifs is 1. The van der Waals surface area contributed by atoms with Crippen LogP contribution in [0.15, 0.2) is 101 Å². The van der Waals surface area contributed by atoms with Gasteiger partial charge in [0.25, 0.3) is 5.91 Å². The number of nitrogens with zero attached hydrogens (tertiary/aromatic N) is 1. The van der Waals surface area contributed by atoms with Crippen LogP contribution < -0.4 is 10.2 Å². The number of hydrazone groups is 1. The highest BCUT2D eigenvalue weighted by molar-refractivity contribution is 9.10. The number of rotatable bonds is 6. The molecule has 30 heavy (non-hydrogen) atoms. The van der Waals surface area contributed by atoms with E-state index in [2.05, 4.69) is 26.5 Å². The smallest absolute Gasteiger partial charge is 0.271 e. The molecule has 0 radical (unpaired) electrons. The summed E-state index contributed by atoms with van der Waals surface area (Å²) in [5.41, 5.74) is 5.12. The fourth-order valence-electron chi connectivity index (χ4n) is 3.08. The van der Waals surface area contributed by atoms with E-state index >= 15 is 0 Å². The van der Waals surface area contributed by atoms with E-state index in [-0.39, 0.29) is 5.91 Å². The van der Waals surface area contributed by atoms with Gasteiger partial charge in [0.1, 0.15) is 12.4 Å². The SMILES string of the molecule is O=C(N/N=C\c1cccc(OCc2ccc(Br)cc2)c1)c1cccc2ccccc12. The van der Waals surface area contributed by atoms with Gasteiger partial charge in [0.15, 0.2) is 0 Å². The number of benzene rings is 4. The Morgan fingerprint density at radius 2 is 1.70 bits per heavy atom. The average molecular weight is 459 g/mol. The van der Waals surface area contributed by atoms with E-state index in [1.807, 2.05) is 84.9 Å². The number of carbonyl (C=O) groups is 1. The number of ether oxygens (including phenoxy) is 1. The first-order valence-corrected chi connectivity index (χ1v) is 10.3. The van der Waals surface area contributed by atoms with Gasteiger partial charge >= 0.3 is 0 Å². The second kappa shape index (κ2) is 9.37. The molecule has 4 rings (SSSR count). The minimum atomic E-state index is -0.245. The lowest BCUT2D eigenvalue weighted by atomic mass is 10.0. The van der Waals surface area contributed by atoms with Crippen molar-refractivity contribution < 1.29 is 9.53 Å². The Kier molecular flexibility index (Phi) is 6.20. The molecule has 0 saturated carbocycles. The van der Waals surface area contributed by atoms with Gasteiger partial charge in [-0.3, -0.25) is 4.79 Å². The van der Waals surface area contributed by atoms with Crippen LogP contribution in [-0.4, -0.2) is 12.1 Å². The molecule has 0 aliphatic heterocycles. The van der Waals surface area contributed by atoms with Crippen molar-refractivity contribution >= 4 is 38.8 Å². The minimum absolute atomic E-state index is 0.245. The van der Waals surface area contributed by atoms with Gasteiger partial charge in [-0.05, 0) is 52.2 Å². The van der Waals surface area contributed by atoms with Crippen LogP contribution in [0.3, 0.4) is 0 Å². The Morgan fingerprint density at radius 1 is 0.933 bits per heavy atom. The van der Waals surface area contributed by atoms with Gasteiger partial charge in [-0.1, -0.05) is 76.6 Å². The summed E-state index contributed by atoms with van der Waals surface area (Å²) in [5, 5.41) is 6.03. The van der Waals surface area contributed by atoms with Crippen LogP contribution in [0.25, 0.3) is 10.8 Å². The zero-order valence-electron chi connectivity index (χ0n) is 16.1. The highest BCUT2D eigenvalue weighted by Gasteiger charge is 2.08. The summed E-state index contributed by atoms with van der Waals surface area (Å²) < 4.78 is 6.89. The van der Waals surface area contributed by atoms with Crippen LogP contribution >= 0.6 is 15.9 Å². The van der Waals surface area contributed by atoms with E-state index in [0.717, 1.165) is 32.1 Å². The molecule has 0 aliphatic carbocycles. The summed E-state index contributed by atoms with van der Waals surface area (Å²) in [5.74, 6) is 0.493. The molecule has 0 spiro atoms. The van der Waals surface area contributed by atoms with Gasteiger partial charge in [-0.25, -0.2) is 5.43 Å². The van der Waals surface area contributed by atoms with Crippen molar-refractivity contribution in [3.63, 3.8) is 0 Å². The maximum absolute atomic E-state index is 12.5. The van der Waals surface area contributed by atoms with E-state index in [9.17, 15) is 4.79 Å². The third-order valence-corrected chi connectivity index (χ3v) is 5.12. The van der Waals surface area contributed by atoms with E-state index in [0.29, 0.717) is 12.2 Å². The molecule has 0 aromatic heterocycles. The third-order valence-electron chi connectivity index (χ3n) is 4.59. The first-order chi connectivity index (χ1) is 14.7. The monoisotopic (exact) mass is 458 g/mol. The van der Waals surface area contributed by atoms with Crippen LogP contribution in [0.4, 0.5) is 0 Å². The second-order valence-electron chi connectivity index (χ2n) is 6.71. The zero-order valence-corrected chi connectivity index (χ0v) is 17.7. The Balaban J connectivity index is 1.39. The van der Waals surface area contributed by atoms with E-state index < -0.39 is 0 Å². The largest absolute Gasteiger partial charge is 0.489 e. The van der Waals surface area contributed by atoms with Crippen LogP contribution in [0, 0.1) is 0 Å². The molecular weight excluding hydrogens is 440 g/mol. The summed E-state index contributed by atoms with van der Waals surface area (Å²) in [4.78, 5) is 12.5. The molecule has 0 saturated heterocycles. The van der Waals surface area contributed by atoms with Gasteiger partial charge in [0.05, 0.1) is 6.21 Å². The van der Waals surface area contributed by atoms with Gasteiger partial charge in [0, 0.05) is 10.0 Å². The number of hydrogen-bond donors (Lipinski definition) is 1. The van der Waals surface area contributed by atoms with Crippen LogP contribution in [0.5, 0.6) is 5.75 Å². The van der Waals surface area contributed by atoms with Gasteiger partial charge in [0.2, 0.25) is 0 Å². The molecule has 4 aromatic carbocycles. The number of hydrogen-bond acceptors (Lipinski definition) is 3. The van der Waals surface area contributed by atoms with E-state index in [1.54, 1.807) is 12.3 Å². The number of amides is 1. The first-order valence-electron chi connectivity index (χ1n) is 9.47. The number of halogens is 1. The van der Waals surface area contributed by atoms with Crippen molar-refractivity contribution in [1.29, 1.82) is 0 Å². The molecule has 148 valence electrons. The summed E-state index contributed by atoms with van der Waals surface area (Å²) in [6.07, 6.45) is 1.61. The van der Waals surface area contributed by atoms with Crippen LogP contribution in [0.1, 0.15) is 21.5 Å². The zero-order chi connectivity index (χ0) is 20.8. The maximum atomic E-state index is 12.5. The second-order valence-corrected chi connectivity index (χ2v) is 7.63. The first kappa shape index (κ1) is 19.9. The lowest BCUT2D eigenvalue weighted by Gasteiger charge is -2.07. The molecule has 0 bridgehead atoms. The van der Waals surface area contributed by atoms with Crippen molar-refractivity contribution in [2.75, 3.05) is 0 Å². The van der Waals surface area contributed by atoms with Crippen LogP contribution in [-0.2, 0) is 6.61 Å². The summed E-state index contributed by atoms with van der Waals surface area (Å²) in [6.45, 7) is 0.478. The van der Waals surface area contributed by atoms with Crippen molar-refractivity contribution in [2.45, 2.75) is 6.61 Å². The number of carbonyl (C=O) groups excluding carboxylic acids is 1. The standard InChI is InChI=1S/C25H19BrN2O2/c26-21-13-11-18(12-14-21)17-30-22-8-3-5-19(15-22)16-27-28-25(29)24-10-4-7-20-6-1-2-9-23(20)24/h1-16H,17H2,(H,28,29)/b27-16-. The summed E-state index contributed by atoms with van der Waals surface area (Å²) in [6, 6.07) is 29.0. The molecular formula is C25H19BrN2O2. The lowest BCUT2D eigenvalue weighted by Crippen LogP contribution is -2.17. The van der Waals surface area contributed by atoms with E-state index in [1.165, 1.54) is 0 Å². The van der Waals surface area contributed by atoms with Crippen molar-refractivity contribution in [1.82, 2.24) is 5.43 Å². The van der Waals surface area contributed by atoms with Crippen molar-refractivity contribution in [2.24, 2.45) is 5.10 Å². The highest BCUT2D eigenvalue weighted by Crippen LogP contribution is 2.19. The Bertz CT molecular complexity index is 1200. The maximum Gasteiger partial charge on any atom is 0.271 e. The molecule has 1 N–H and O–H groups in total. The summed E-state index contributed by atoms with van der Waals surface area (Å²) in [7, 11) is 0. The molecule has 4 nitrogen and oxygen atoms in total. The van der Waals surface area contributed by atoms with E-state index in [4.69, 9.17) is 4.74 Å². The molecule has 4 aromatic rings. The topological polar surface area (TPSA) is 50.7 Å². The Labute approximate surface area is 183 Å². The molecule has 0 fully saturated rings. The minimum Gasteiger partial charge on any atom is -0.489 e. The molecule has 1 amide bonds. The van der Waals surface area contributed by atoms with Gasteiger partial charge in [-0.15, -0.1) is 0 Å². The predicted molar refractivity (Wildman–Crippen MR) is 124 cm³/mol. The lowest BCUT2D eigenvalue weighted by molar-refractivity contribution is 0.0957. The van der Waals surface area contributed by atoms with Crippen LogP contribution in [0.2, 0.25) is 0 Å². The third kappa shape index (κ3) is 4.93. The molecule has 5 heteroatoms. The molecule has 0 aliphatic rings. The highest BCUT2D eigenvalue weighted by atomic mass is 79.9. The fraction of sp³-hybridized carbons (Fsp3) is 0.0400. The predicted octanol–water partition coefficient (Wildman–Crippen LogP) is 5.95. The molecule has 0 unspecified atom stereocenters. The molecule has 0 atom stereocenters.